The van der Waals surface area contributed by atoms with Crippen molar-refractivity contribution in [2.75, 3.05) is 20.2 Å². The molecular weight excluding hydrogens is 290 g/mol. The van der Waals surface area contributed by atoms with E-state index in [4.69, 9.17) is 4.74 Å². The number of ether oxygens (including phenoxy) is 1. The first-order valence-corrected chi connectivity index (χ1v) is 7.41. The summed E-state index contributed by atoms with van der Waals surface area (Å²) in [5, 5.41) is 3.44. The molecule has 1 saturated heterocycles. The van der Waals surface area contributed by atoms with Gasteiger partial charge in [0, 0.05) is 0 Å². The number of nitrogens with one attached hydrogen (secondary N) is 1. The van der Waals surface area contributed by atoms with Crippen molar-refractivity contribution in [1.82, 2.24) is 5.32 Å². The Morgan fingerprint density at radius 3 is 2.22 bits per heavy atom. The van der Waals surface area contributed by atoms with E-state index in [1.807, 2.05) is 0 Å². The molecule has 1 N–H and O–H groups in total. The van der Waals surface area contributed by atoms with Gasteiger partial charge >= 0.3 is 0 Å². The van der Waals surface area contributed by atoms with Gasteiger partial charge in [-0.05, 0) is 90.8 Å². The van der Waals surface area contributed by atoms with E-state index in [1.54, 1.807) is 7.11 Å². The molecule has 0 amide bonds. The molecule has 1 aliphatic rings. The molecule has 0 aromatic heterocycles. The van der Waals surface area contributed by atoms with Gasteiger partial charge < -0.3 is 10.1 Å². The highest BCUT2D eigenvalue weighted by atomic mass is 79.9. The number of piperidine rings is 1. The fourth-order valence-electron chi connectivity index (χ4n) is 3.07. The van der Waals surface area contributed by atoms with Crippen LogP contribution in [0.25, 0.3) is 0 Å². The quantitative estimate of drug-likeness (QED) is 0.895. The lowest BCUT2D eigenvalue weighted by Crippen LogP contribution is -2.27. The Bertz CT molecular complexity index is 421. The number of rotatable bonds is 2. The standard InChI is InChI=1S/C15H22BrNO/c1-9-10(2)15(18-4)14(16)11(3)13(9)12-5-7-17-8-6-12/h12,17H,5-8H2,1-4H3. The average Bonchev–Trinajstić information content (AvgIpc) is 2.39. The van der Waals surface area contributed by atoms with Gasteiger partial charge in [0.25, 0.3) is 0 Å². The van der Waals surface area contributed by atoms with Crippen molar-refractivity contribution in [2.24, 2.45) is 0 Å². The van der Waals surface area contributed by atoms with Gasteiger partial charge in [0.05, 0.1) is 11.6 Å². The minimum Gasteiger partial charge on any atom is -0.495 e. The third-order valence-corrected chi connectivity index (χ3v) is 5.15. The van der Waals surface area contributed by atoms with Crippen LogP contribution in [0.1, 0.15) is 41.0 Å². The Hall–Kier alpha value is -0.540. The fraction of sp³-hybridized carbons (Fsp3) is 0.600. The van der Waals surface area contributed by atoms with Crippen molar-refractivity contribution < 1.29 is 4.74 Å². The molecule has 3 heteroatoms. The fourth-order valence-corrected chi connectivity index (χ4v) is 3.75. The molecule has 18 heavy (non-hydrogen) atoms. The molecule has 0 radical (unpaired) electrons. The third kappa shape index (κ3) is 2.30. The number of benzene rings is 1. The molecule has 1 aromatic carbocycles. The Labute approximate surface area is 118 Å². The summed E-state index contributed by atoms with van der Waals surface area (Å²) in [4.78, 5) is 0. The number of methoxy groups -OCH3 is 1. The van der Waals surface area contributed by atoms with Gasteiger partial charge in [-0.25, -0.2) is 0 Å². The summed E-state index contributed by atoms with van der Waals surface area (Å²) in [5.74, 6) is 1.68. The van der Waals surface area contributed by atoms with Crippen molar-refractivity contribution in [3.05, 3.63) is 26.7 Å². The van der Waals surface area contributed by atoms with Crippen molar-refractivity contribution in [3.8, 4) is 5.75 Å². The highest BCUT2D eigenvalue weighted by Gasteiger charge is 2.23. The maximum atomic E-state index is 5.52. The summed E-state index contributed by atoms with van der Waals surface area (Å²) < 4.78 is 6.65. The molecule has 0 saturated carbocycles. The van der Waals surface area contributed by atoms with Crippen LogP contribution in [0.15, 0.2) is 4.47 Å². The second-order valence-corrected chi connectivity index (χ2v) is 5.95. The molecule has 0 unspecified atom stereocenters. The van der Waals surface area contributed by atoms with Crippen molar-refractivity contribution in [3.63, 3.8) is 0 Å². The highest BCUT2D eigenvalue weighted by molar-refractivity contribution is 9.10. The van der Waals surface area contributed by atoms with E-state index in [9.17, 15) is 0 Å². The second kappa shape index (κ2) is 5.62. The molecule has 1 aliphatic heterocycles. The zero-order valence-corrected chi connectivity index (χ0v) is 13.3. The molecule has 0 spiro atoms. The van der Waals surface area contributed by atoms with E-state index >= 15 is 0 Å². The summed E-state index contributed by atoms with van der Waals surface area (Å²) in [6.07, 6.45) is 2.47. The summed E-state index contributed by atoms with van der Waals surface area (Å²) >= 11 is 3.70. The van der Waals surface area contributed by atoms with E-state index < -0.39 is 0 Å². The van der Waals surface area contributed by atoms with E-state index in [0.29, 0.717) is 5.92 Å². The molecule has 1 fully saturated rings. The van der Waals surface area contributed by atoms with Crippen LogP contribution in [0, 0.1) is 20.8 Å². The van der Waals surface area contributed by atoms with Gasteiger partial charge in [0.2, 0.25) is 0 Å². The summed E-state index contributed by atoms with van der Waals surface area (Å²) in [6, 6.07) is 0. The van der Waals surface area contributed by atoms with Crippen LogP contribution in [-0.4, -0.2) is 20.2 Å². The van der Waals surface area contributed by atoms with Crippen molar-refractivity contribution in [2.45, 2.75) is 39.5 Å². The van der Waals surface area contributed by atoms with Crippen LogP contribution in [0.3, 0.4) is 0 Å². The van der Waals surface area contributed by atoms with Crippen LogP contribution in [0.2, 0.25) is 0 Å². The Morgan fingerprint density at radius 1 is 1.06 bits per heavy atom. The molecule has 1 heterocycles. The minimum atomic E-state index is 0.687. The molecule has 0 aliphatic carbocycles. The molecular formula is C15H22BrNO. The molecule has 2 rings (SSSR count). The second-order valence-electron chi connectivity index (χ2n) is 5.16. The number of halogens is 1. The maximum absolute atomic E-state index is 5.52. The number of hydrogen-bond acceptors (Lipinski definition) is 2. The van der Waals surface area contributed by atoms with Crippen LogP contribution in [0.4, 0.5) is 0 Å². The Morgan fingerprint density at radius 2 is 1.67 bits per heavy atom. The van der Waals surface area contributed by atoms with Crippen molar-refractivity contribution in [1.29, 1.82) is 0 Å². The molecule has 1 aromatic rings. The molecule has 0 bridgehead atoms. The topological polar surface area (TPSA) is 21.3 Å². The Balaban J connectivity index is 2.53. The van der Waals surface area contributed by atoms with Crippen LogP contribution < -0.4 is 10.1 Å². The van der Waals surface area contributed by atoms with Gasteiger partial charge in [-0.15, -0.1) is 0 Å². The smallest absolute Gasteiger partial charge is 0.136 e. The first-order valence-electron chi connectivity index (χ1n) is 6.61. The molecule has 0 atom stereocenters. The predicted molar refractivity (Wildman–Crippen MR) is 79.7 cm³/mol. The third-order valence-electron chi connectivity index (χ3n) is 4.19. The predicted octanol–water partition coefficient (Wildman–Crippen LogP) is 3.85. The van der Waals surface area contributed by atoms with Crippen molar-refractivity contribution >= 4 is 15.9 Å². The summed E-state index contributed by atoms with van der Waals surface area (Å²) in [7, 11) is 1.75. The zero-order chi connectivity index (χ0) is 13.3. The first-order chi connectivity index (χ1) is 8.57. The molecule has 2 nitrogen and oxygen atoms in total. The SMILES string of the molecule is COc1c(C)c(C)c(C2CCNCC2)c(C)c1Br. The van der Waals surface area contributed by atoms with Gasteiger partial charge in [0.15, 0.2) is 0 Å². The molecule has 100 valence electrons. The van der Waals surface area contributed by atoms with Crippen LogP contribution in [0.5, 0.6) is 5.75 Å². The van der Waals surface area contributed by atoms with Crippen LogP contribution in [-0.2, 0) is 0 Å². The largest absolute Gasteiger partial charge is 0.495 e. The maximum Gasteiger partial charge on any atom is 0.136 e. The van der Waals surface area contributed by atoms with Gasteiger partial charge in [0.1, 0.15) is 5.75 Å². The monoisotopic (exact) mass is 311 g/mol. The minimum absolute atomic E-state index is 0.687. The average molecular weight is 312 g/mol. The van der Waals surface area contributed by atoms with Gasteiger partial charge in [-0.3, -0.25) is 0 Å². The summed E-state index contributed by atoms with van der Waals surface area (Å²) in [5.41, 5.74) is 5.55. The zero-order valence-electron chi connectivity index (χ0n) is 11.7. The van der Waals surface area contributed by atoms with E-state index in [-0.39, 0.29) is 0 Å². The van der Waals surface area contributed by atoms with E-state index in [1.165, 1.54) is 35.1 Å². The normalized spacial score (nSPS) is 16.9. The lowest BCUT2D eigenvalue weighted by atomic mass is 9.83. The Kier molecular flexibility index (Phi) is 4.33. The van der Waals surface area contributed by atoms with Crippen LogP contribution >= 0.6 is 15.9 Å². The number of hydrogen-bond donors (Lipinski definition) is 1. The highest BCUT2D eigenvalue weighted by Crippen LogP contribution is 2.41. The van der Waals surface area contributed by atoms with E-state index in [2.05, 4.69) is 42.0 Å². The van der Waals surface area contributed by atoms with E-state index in [0.717, 1.165) is 23.3 Å². The van der Waals surface area contributed by atoms with Gasteiger partial charge in [-0.1, -0.05) is 0 Å². The lowest BCUT2D eigenvalue weighted by Gasteiger charge is -2.28. The lowest BCUT2D eigenvalue weighted by molar-refractivity contribution is 0.406. The van der Waals surface area contributed by atoms with Gasteiger partial charge in [-0.2, -0.15) is 0 Å². The summed E-state index contributed by atoms with van der Waals surface area (Å²) in [6.45, 7) is 8.85. The first kappa shape index (κ1) is 13.9.